The highest BCUT2D eigenvalue weighted by Gasteiger charge is 2.24. The minimum absolute atomic E-state index is 0.195. The number of ether oxygens (including phenoxy) is 1. The first-order valence-corrected chi connectivity index (χ1v) is 8.48. The fraction of sp³-hybridized carbons (Fsp3) is 0.625. The number of anilines is 1. The SMILES string of the molecule is CCC(=O)OC[C@@H]1CCCN(c2nc3c([nH]2)c(=O)n(C)c(=O)n3C)C1. The van der Waals surface area contributed by atoms with Gasteiger partial charge in [-0.05, 0) is 12.8 Å². The largest absolute Gasteiger partial charge is 0.465 e. The third kappa shape index (κ3) is 3.18. The Bertz CT molecular complexity index is 910. The minimum Gasteiger partial charge on any atom is -0.465 e. The number of imidazole rings is 1. The van der Waals surface area contributed by atoms with Crippen molar-refractivity contribution in [3.05, 3.63) is 20.8 Å². The van der Waals surface area contributed by atoms with E-state index in [9.17, 15) is 14.4 Å². The summed E-state index contributed by atoms with van der Waals surface area (Å²) in [5, 5.41) is 0. The Morgan fingerprint density at radius 2 is 2.08 bits per heavy atom. The van der Waals surface area contributed by atoms with Crippen LogP contribution in [0.15, 0.2) is 9.59 Å². The molecule has 0 unspecified atom stereocenters. The monoisotopic (exact) mass is 349 g/mol. The van der Waals surface area contributed by atoms with Crippen molar-refractivity contribution in [2.45, 2.75) is 26.2 Å². The van der Waals surface area contributed by atoms with E-state index in [2.05, 4.69) is 9.97 Å². The summed E-state index contributed by atoms with van der Waals surface area (Å²) in [6, 6.07) is 0. The molecule has 1 aliphatic heterocycles. The van der Waals surface area contributed by atoms with Crippen LogP contribution in [0.1, 0.15) is 26.2 Å². The quantitative estimate of drug-likeness (QED) is 0.787. The van der Waals surface area contributed by atoms with Crippen molar-refractivity contribution in [2.24, 2.45) is 20.0 Å². The first-order chi connectivity index (χ1) is 11.9. The molecule has 9 heteroatoms. The van der Waals surface area contributed by atoms with Crippen molar-refractivity contribution in [1.29, 1.82) is 0 Å². The predicted octanol–water partition coefficient (Wildman–Crippen LogP) is 0.130. The number of H-pyrrole nitrogens is 1. The lowest BCUT2D eigenvalue weighted by molar-refractivity contribution is -0.144. The van der Waals surface area contributed by atoms with E-state index < -0.39 is 5.69 Å². The van der Waals surface area contributed by atoms with Crippen LogP contribution in [0.5, 0.6) is 0 Å². The highest BCUT2D eigenvalue weighted by atomic mass is 16.5. The first kappa shape index (κ1) is 17.2. The second-order valence-corrected chi connectivity index (χ2v) is 6.46. The lowest BCUT2D eigenvalue weighted by Gasteiger charge is -2.32. The number of carbonyl (C=O) groups is 1. The molecule has 1 N–H and O–H groups in total. The van der Waals surface area contributed by atoms with E-state index in [-0.39, 0.29) is 17.4 Å². The number of aryl methyl sites for hydroxylation is 1. The highest BCUT2D eigenvalue weighted by molar-refractivity contribution is 5.73. The van der Waals surface area contributed by atoms with Crippen molar-refractivity contribution in [3.8, 4) is 0 Å². The second-order valence-electron chi connectivity index (χ2n) is 6.46. The molecule has 0 radical (unpaired) electrons. The lowest BCUT2D eigenvalue weighted by atomic mass is 9.99. The van der Waals surface area contributed by atoms with Crippen LogP contribution in [0, 0.1) is 5.92 Å². The summed E-state index contributed by atoms with van der Waals surface area (Å²) in [5.41, 5.74) is -0.123. The number of aromatic nitrogens is 4. The van der Waals surface area contributed by atoms with Crippen molar-refractivity contribution in [3.63, 3.8) is 0 Å². The Labute approximate surface area is 144 Å². The summed E-state index contributed by atoms with van der Waals surface area (Å²) in [6.45, 7) is 3.65. The maximum Gasteiger partial charge on any atom is 0.332 e. The van der Waals surface area contributed by atoms with E-state index in [0.29, 0.717) is 36.7 Å². The fourth-order valence-electron chi connectivity index (χ4n) is 3.17. The third-order valence-corrected chi connectivity index (χ3v) is 4.67. The number of esters is 1. The number of nitrogens with one attached hydrogen (secondary N) is 1. The number of hydrogen-bond acceptors (Lipinski definition) is 6. The van der Waals surface area contributed by atoms with Gasteiger partial charge in [0.1, 0.15) is 0 Å². The molecule has 136 valence electrons. The summed E-state index contributed by atoms with van der Waals surface area (Å²) in [4.78, 5) is 45.2. The molecular formula is C16H23N5O4. The van der Waals surface area contributed by atoms with Crippen molar-refractivity contribution in [1.82, 2.24) is 19.1 Å². The maximum atomic E-state index is 12.3. The van der Waals surface area contributed by atoms with Gasteiger partial charge in [-0.2, -0.15) is 4.98 Å². The normalized spacial score (nSPS) is 17.9. The molecule has 9 nitrogen and oxygen atoms in total. The van der Waals surface area contributed by atoms with Crippen LogP contribution in [0.4, 0.5) is 5.95 Å². The van der Waals surface area contributed by atoms with Crippen LogP contribution in [0.25, 0.3) is 11.2 Å². The van der Waals surface area contributed by atoms with Crippen molar-refractivity contribution in [2.75, 3.05) is 24.6 Å². The summed E-state index contributed by atoms with van der Waals surface area (Å²) >= 11 is 0. The highest BCUT2D eigenvalue weighted by Crippen LogP contribution is 2.22. The molecule has 25 heavy (non-hydrogen) atoms. The van der Waals surface area contributed by atoms with Crippen molar-refractivity contribution >= 4 is 23.1 Å². The zero-order valence-corrected chi connectivity index (χ0v) is 14.7. The molecule has 1 aliphatic rings. The number of rotatable bonds is 4. The van der Waals surface area contributed by atoms with E-state index in [4.69, 9.17) is 4.74 Å². The van der Waals surface area contributed by atoms with Gasteiger partial charge >= 0.3 is 11.7 Å². The van der Waals surface area contributed by atoms with Gasteiger partial charge in [0.2, 0.25) is 5.95 Å². The molecular weight excluding hydrogens is 326 g/mol. The molecule has 1 saturated heterocycles. The molecule has 1 fully saturated rings. The Morgan fingerprint density at radius 3 is 2.80 bits per heavy atom. The average Bonchev–Trinajstić information content (AvgIpc) is 3.08. The Hall–Kier alpha value is -2.58. The summed E-state index contributed by atoms with van der Waals surface area (Å²) < 4.78 is 7.67. The van der Waals surface area contributed by atoms with E-state index in [1.165, 1.54) is 11.6 Å². The molecule has 0 amide bonds. The first-order valence-electron chi connectivity index (χ1n) is 8.48. The molecule has 3 heterocycles. The standard InChI is InChI=1S/C16H23N5O4/c1-4-11(22)25-9-10-6-5-7-21(8-10)15-17-12-13(18-15)19(2)16(24)20(3)14(12)23/h10H,4-9H2,1-3H3,(H,17,18)/t10-/m1/s1. The summed E-state index contributed by atoms with van der Waals surface area (Å²) in [7, 11) is 3.04. The molecule has 0 aliphatic carbocycles. The van der Waals surface area contributed by atoms with Crippen molar-refractivity contribution < 1.29 is 9.53 Å². The Balaban J connectivity index is 1.85. The lowest BCUT2D eigenvalue weighted by Crippen LogP contribution is -2.38. The predicted molar refractivity (Wildman–Crippen MR) is 92.8 cm³/mol. The Kier molecular flexibility index (Phi) is 4.65. The molecule has 2 aromatic rings. The molecule has 0 bridgehead atoms. The van der Waals surface area contributed by atoms with Gasteiger partial charge in [-0.15, -0.1) is 0 Å². The van der Waals surface area contributed by atoms with Gasteiger partial charge in [-0.25, -0.2) is 4.79 Å². The van der Waals surface area contributed by atoms with Crippen LogP contribution >= 0.6 is 0 Å². The second kappa shape index (κ2) is 6.73. The van der Waals surface area contributed by atoms with Gasteiger partial charge in [0.15, 0.2) is 11.2 Å². The summed E-state index contributed by atoms with van der Waals surface area (Å²) in [6.07, 6.45) is 2.30. The zero-order chi connectivity index (χ0) is 18.1. The van der Waals surface area contributed by atoms with E-state index in [0.717, 1.165) is 24.0 Å². The number of piperidine rings is 1. The molecule has 1 atom stereocenters. The molecule has 2 aromatic heterocycles. The number of hydrogen-bond donors (Lipinski definition) is 1. The topological polar surface area (TPSA) is 102 Å². The van der Waals surface area contributed by atoms with Crippen LogP contribution in [-0.2, 0) is 23.6 Å². The number of carbonyl (C=O) groups excluding carboxylic acids is 1. The fourth-order valence-corrected chi connectivity index (χ4v) is 3.17. The molecule has 0 aromatic carbocycles. The maximum absolute atomic E-state index is 12.3. The Morgan fingerprint density at radius 1 is 1.32 bits per heavy atom. The van der Waals surface area contributed by atoms with E-state index >= 15 is 0 Å². The van der Waals surface area contributed by atoms with Gasteiger partial charge < -0.3 is 14.6 Å². The smallest absolute Gasteiger partial charge is 0.332 e. The minimum atomic E-state index is -0.404. The van der Waals surface area contributed by atoms with Gasteiger partial charge in [-0.3, -0.25) is 18.7 Å². The van der Waals surface area contributed by atoms with Gasteiger partial charge in [0, 0.05) is 39.5 Å². The molecule has 0 spiro atoms. The molecule has 3 rings (SSSR count). The zero-order valence-electron chi connectivity index (χ0n) is 14.7. The van der Waals surface area contributed by atoms with Crippen LogP contribution in [0.2, 0.25) is 0 Å². The van der Waals surface area contributed by atoms with Gasteiger partial charge in [0.05, 0.1) is 6.61 Å². The van der Waals surface area contributed by atoms with Gasteiger partial charge in [-0.1, -0.05) is 6.92 Å². The van der Waals surface area contributed by atoms with E-state index in [1.807, 2.05) is 4.90 Å². The van der Waals surface area contributed by atoms with Crippen LogP contribution in [-0.4, -0.2) is 44.8 Å². The number of nitrogens with zero attached hydrogens (tertiary/aromatic N) is 4. The average molecular weight is 349 g/mol. The van der Waals surface area contributed by atoms with E-state index in [1.54, 1.807) is 14.0 Å². The van der Waals surface area contributed by atoms with Crippen LogP contribution < -0.4 is 16.1 Å². The van der Waals surface area contributed by atoms with Crippen LogP contribution in [0.3, 0.4) is 0 Å². The summed E-state index contributed by atoms with van der Waals surface area (Å²) in [5.74, 6) is 0.600. The number of fused-ring (bicyclic) bond motifs is 1. The van der Waals surface area contributed by atoms with Gasteiger partial charge in [0.25, 0.3) is 5.56 Å². The number of aromatic amines is 1. The molecule has 0 saturated carbocycles. The third-order valence-electron chi connectivity index (χ3n) is 4.67.